The maximum absolute atomic E-state index is 3.75. The van der Waals surface area contributed by atoms with Crippen LogP contribution in [0.2, 0.25) is 0 Å². The molecule has 0 heterocycles. The van der Waals surface area contributed by atoms with E-state index in [-0.39, 0.29) is 0 Å². The highest BCUT2D eigenvalue weighted by atomic mass is 14.3. The molecule has 0 saturated carbocycles. The SMILES string of the molecule is C=CC=CC1=C(C)C2=C(C=CCC=C2)C1CC. The third-order valence-corrected chi connectivity index (χ3v) is 3.57. The lowest BCUT2D eigenvalue weighted by Gasteiger charge is -2.13. The summed E-state index contributed by atoms with van der Waals surface area (Å²) in [6.45, 7) is 8.25. The molecule has 2 aliphatic rings. The van der Waals surface area contributed by atoms with Crippen LogP contribution in [0.25, 0.3) is 0 Å². The van der Waals surface area contributed by atoms with Crippen molar-refractivity contribution in [3.63, 3.8) is 0 Å². The lowest BCUT2D eigenvalue weighted by atomic mass is 9.91. The number of rotatable bonds is 3. The summed E-state index contributed by atoms with van der Waals surface area (Å²) in [7, 11) is 0. The van der Waals surface area contributed by atoms with E-state index in [1.54, 1.807) is 0 Å². The monoisotopic (exact) mass is 224 g/mol. The zero-order valence-corrected chi connectivity index (χ0v) is 10.7. The number of hydrogen-bond donors (Lipinski definition) is 0. The number of allylic oxidation sites excluding steroid dienone is 11. The maximum atomic E-state index is 3.75. The molecule has 0 aromatic heterocycles. The fourth-order valence-electron chi connectivity index (χ4n) is 2.73. The van der Waals surface area contributed by atoms with Crippen LogP contribution in [-0.2, 0) is 0 Å². The molecule has 0 fully saturated rings. The van der Waals surface area contributed by atoms with Crippen molar-refractivity contribution < 1.29 is 0 Å². The Morgan fingerprint density at radius 3 is 2.82 bits per heavy atom. The zero-order valence-electron chi connectivity index (χ0n) is 10.7. The molecule has 0 aromatic carbocycles. The van der Waals surface area contributed by atoms with Gasteiger partial charge in [0.15, 0.2) is 0 Å². The van der Waals surface area contributed by atoms with Crippen LogP contribution in [0.1, 0.15) is 26.7 Å². The van der Waals surface area contributed by atoms with E-state index in [2.05, 4.69) is 50.8 Å². The Hall–Kier alpha value is -1.56. The Kier molecular flexibility index (Phi) is 3.63. The molecule has 2 rings (SSSR count). The molecule has 0 saturated heterocycles. The van der Waals surface area contributed by atoms with Gasteiger partial charge in [0.1, 0.15) is 0 Å². The van der Waals surface area contributed by atoms with Gasteiger partial charge in [-0.05, 0) is 42.1 Å². The topological polar surface area (TPSA) is 0 Å². The highest BCUT2D eigenvalue weighted by molar-refractivity contribution is 5.60. The summed E-state index contributed by atoms with van der Waals surface area (Å²) in [6.07, 6.45) is 17.4. The molecule has 17 heavy (non-hydrogen) atoms. The summed E-state index contributed by atoms with van der Waals surface area (Å²) in [6, 6.07) is 0. The summed E-state index contributed by atoms with van der Waals surface area (Å²) in [5.74, 6) is 0.556. The van der Waals surface area contributed by atoms with Crippen LogP contribution in [0.3, 0.4) is 0 Å². The second kappa shape index (κ2) is 5.18. The Morgan fingerprint density at radius 2 is 2.12 bits per heavy atom. The van der Waals surface area contributed by atoms with Crippen LogP contribution in [0.4, 0.5) is 0 Å². The van der Waals surface area contributed by atoms with Crippen molar-refractivity contribution in [1.29, 1.82) is 0 Å². The van der Waals surface area contributed by atoms with Crippen molar-refractivity contribution in [2.24, 2.45) is 5.92 Å². The van der Waals surface area contributed by atoms with Gasteiger partial charge in [0.25, 0.3) is 0 Å². The van der Waals surface area contributed by atoms with Crippen molar-refractivity contribution in [2.45, 2.75) is 26.7 Å². The third-order valence-electron chi connectivity index (χ3n) is 3.57. The van der Waals surface area contributed by atoms with Gasteiger partial charge in [0.2, 0.25) is 0 Å². The molecule has 0 N–H and O–H groups in total. The van der Waals surface area contributed by atoms with E-state index < -0.39 is 0 Å². The van der Waals surface area contributed by atoms with E-state index in [0.29, 0.717) is 5.92 Å². The Labute approximate surface area is 104 Å². The van der Waals surface area contributed by atoms with Gasteiger partial charge in [0.05, 0.1) is 0 Å². The molecular weight excluding hydrogens is 204 g/mol. The summed E-state index contributed by atoms with van der Waals surface area (Å²) in [4.78, 5) is 0. The van der Waals surface area contributed by atoms with E-state index in [0.717, 1.165) is 12.8 Å². The van der Waals surface area contributed by atoms with E-state index in [1.807, 2.05) is 12.2 Å². The average molecular weight is 224 g/mol. The standard InChI is InChI=1S/C17H20/c1-4-6-10-15-13(3)16-11-8-7-9-12-17(16)14(15)5-2/h4,6,8-12,14H,1,5,7H2,2-3H3. The highest BCUT2D eigenvalue weighted by Crippen LogP contribution is 2.41. The lowest BCUT2D eigenvalue weighted by molar-refractivity contribution is 0.724. The van der Waals surface area contributed by atoms with Gasteiger partial charge in [-0.1, -0.05) is 56.0 Å². The molecule has 0 nitrogen and oxygen atoms in total. The van der Waals surface area contributed by atoms with Crippen LogP contribution < -0.4 is 0 Å². The fourth-order valence-corrected chi connectivity index (χ4v) is 2.73. The van der Waals surface area contributed by atoms with Gasteiger partial charge in [-0.15, -0.1) is 0 Å². The van der Waals surface area contributed by atoms with Crippen LogP contribution >= 0.6 is 0 Å². The minimum absolute atomic E-state index is 0.556. The minimum Gasteiger partial charge on any atom is -0.0991 e. The summed E-state index contributed by atoms with van der Waals surface area (Å²) in [5.41, 5.74) is 5.79. The molecule has 0 bridgehead atoms. The molecule has 0 amide bonds. The molecule has 0 aliphatic heterocycles. The summed E-state index contributed by atoms with van der Waals surface area (Å²) < 4.78 is 0. The van der Waals surface area contributed by atoms with E-state index >= 15 is 0 Å². The van der Waals surface area contributed by atoms with Gasteiger partial charge >= 0.3 is 0 Å². The molecule has 0 radical (unpaired) electrons. The first-order valence-electron chi connectivity index (χ1n) is 6.37. The summed E-state index contributed by atoms with van der Waals surface area (Å²) in [5, 5.41) is 0. The molecule has 1 unspecified atom stereocenters. The Balaban J connectivity index is 2.46. The molecule has 2 aliphatic carbocycles. The first kappa shape index (κ1) is 11.9. The van der Waals surface area contributed by atoms with E-state index in [1.165, 1.54) is 22.3 Å². The van der Waals surface area contributed by atoms with Gasteiger partial charge < -0.3 is 0 Å². The van der Waals surface area contributed by atoms with Crippen LogP contribution in [-0.4, -0.2) is 0 Å². The molecule has 0 aromatic rings. The highest BCUT2D eigenvalue weighted by Gasteiger charge is 2.26. The second-order valence-electron chi connectivity index (χ2n) is 4.55. The average Bonchev–Trinajstić information content (AvgIpc) is 2.52. The number of hydrogen-bond acceptors (Lipinski definition) is 0. The van der Waals surface area contributed by atoms with Crippen LogP contribution in [0.5, 0.6) is 0 Å². The second-order valence-corrected chi connectivity index (χ2v) is 4.55. The van der Waals surface area contributed by atoms with Crippen molar-refractivity contribution >= 4 is 0 Å². The third kappa shape index (κ3) is 2.12. The maximum Gasteiger partial charge on any atom is 0.00954 e. The molecule has 0 spiro atoms. The summed E-state index contributed by atoms with van der Waals surface area (Å²) >= 11 is 0. The van der Waals surface area contributed by atoms with Crippen LogP contribution in [0.15, 0.2) is 71.4 Å². The van der Waals surface area contributed by atoms with Gasteiger partial charge in [0, 0.05) is 5.92 Å². The van der Waals surface area contributed by atoms with E-state index in [9.17, 15) is 0 Å². The Morgan fingerprint density at radius 1 is 1.35 bits per heavy atom. The van der Waals surface area contributed by atoms with Crippen LogP contribution in [0, 0.1) is 5.92 Å². The minimum atomic E-state index is 0.556. The van der Waals surface area contributed by atoms with Gasteiger partial charge in [-0.2, -0.15) is 0 Å². The van der Waals surface area contributed by atoms with Crippen molar-refractivity contribution in [3.05, 3.63) is 71.4 Å². The van der Waals surface area contributed by atoms with Gasteiger partial charge in [-0.3, -0.25) is 0 Å². The molecule has 1 atom stereocenters. The predicted octanol–water partition coefficient (Wildman–Crippen LogP) is 4.90. The largest absolute Gasteiger partial charge is 0.0991 e. The first-order chi connectivity index (χ1) is 8.29. The fraction of sp³-hybridized carbons (Fsp3) is 0.294. The molecule has 88 valence electrons. The predicted molar refractivity (Wildman–Crippen MR) is 75.7 cm³/mol. The van der Waals surface area contributed by atoms with E-state index in [4.69, 9.17) is 0 Å². The van der Waals surface area contributed by atoms with Crippen molar-refractivity contribution in [3.8, 4) is 0 Å². The molecular formula is C17H20. The smallest absolute Gasteiger partial charge is 0.00954 e. The Bertz CT molecular complexity index is 464. The molecule has 0 heteroatoms. The van der Waals surface area contributed by atoms with Crippen molar-refractivity contribution in [2.75, 3.05) is 0 Å². The zero-order chi connectivity index (χ0) is 12.3. The quantitative estimate of drug-likeness (QED) is 0.598. The normalized spacial score (nSPS) is 23.5. The van der Waals surface area contributed by atoms with Crippen molar-refractivity contribution in [1.82, 2.24) is 0 Å². The van der Waals surface area contributed by atoms with Gasteiger partial charge in [-0.25, -0.2) is 0 Å². The lowest BCUT2D eigenvalue weighted by Crippen LogP contribution is -2.00. The first-order valence-corrected chi connectivity index (χ1v) is 6.37.